The lowest BCUT2D eigenvalue weighted by atomic mass is 10.0. The molecular formula is C14H17F3O3. The van der Waals surface area contributed by atoms with Gasteiger partial charge < -0.3 is 14.6 Å². The van der Waals surface area contributed by atoms with Crippen LogP contribution in [0.4, 0.5) is 13.2 Å². The summed E-state index contributed by atoms with van der Waals surface area (Å²) in [4.78, 5) is 0. The van der Waals surface area contributed by atoms with Crippen molar-refractivity contribution in [3.63, 3.8) is 0 Å². The molecule has 0 aromatic heterocycles. The minimum Gasteiger partial charge on any atom is -0.487 e. The van der Waals surface area contributed by atoms with Gasteiger partial charge in [0.25, 0.3) is 0 Å². The molecule has 20 heavy (non-hydrogen) atoms. The van der Waals surface area contributed by atoms with Gasteiger partial charge in [-0.1, -0.05) is 25.0 Å². The van der Waals surface area contributed by atoms with Crippen molar-refractivity contribution in [2.24, 2.45) is 0 Å². The van der Waals surface area contributed by atoms with Crippen molar-refractivity contribution >= 4 is 0 Å². The second kappa shape index (κ2) is 5.91. The van der Waals surface area contributed by atoms with E-state index in [1.54, 1.807) is 12.1 Å². The summed E-state index contributed by atoms with van der Waals surface area (Å²) in [6.45, 7) is -1.29. The number of para-hydroxylation sites is 2. The number of halogens is 3. The summed E-state index contributed by atoms with van der Waals surface area (Å²) in [5, 5.41) is 10.2. The molecule has 0 unspecified atom stereocenters. The molecule has 1 N–H and O–H groups in total. The van der Waals surface area contributed by atoms with Gasteiger partial charge in [-0.3, -0.25) is 0 Å². The Labute approximate surface area is 115 Å². The van der Waals surface area contributed by atoms with E-state index < -0.39 is 18.4 Å². The van der Waals surface area contributed by atoms with Gasteiger partial charge in [0.2, 0.25) is 0 Å². The first-order chi connectivity index (χ1) is 9.38. The monoisotopic (exact) mass is 290 g/mol. The van der Waals surface area contributed by atoms with Crippen molar-refractivity contribution < 1.29 is 27.8 Å². The molecule has 0 aliphatic heterocycles. The molecule has 6 heteroatoms. The molecule has 0 atom stereocenters. The molecule has 1 saturated carbocycles. The smallest absolute Gasteiger partial charge is 0.422 e. The Morgan fingerprint density at radius 3 is 2.15 bits per heavy atom. The average molecular weight is 290 g/mol. The number of benzene rings is 1. The molecule has 0 spiro atoms. The molecular weight excluding hydrogens is 273 g/mol. The molecule has 1 aliphatic rings. The summed E-state index contributed by atoms with van der Waals surface area (Å²) in [6.07, 6.45) is -1.22. The van der Waals surface area contributed by atoms with Gasteiger partial charge in [0, 0.05) is 0 Å². The van der Waals surface area contributed by atoms with Gasteiger partial charge in [-0.2, -0.15) is 13.2 Å². The second-order valence-electron chi connectivity index (χ2n) is 5.07. The Morgan fingerprint density at radius 2 is 1.60 bits per heavy atom. The highest BCUT2D eigenvalue weighted by molar-refractivity contribution is 5.39. The third kappa shape index (κ3) is 4.30. The zero-order valence-corrected chi connectivity index (χ0v) is 10.9. The normalized spacial score (nSPS) is 18.0. The Morgan fingerprint density at radius 1 is 1.05 bits per heavy atom. The molecule has 0 radical (unpaired) electrons. The molecule has 0 saturated heterocycles. The van der Waals surface area contributed by atoms with E-state index in [0.717, 1.165) is 12.8 Å². The molecule has 3 nitrogen and oxygen atoms in total. The first-order valence-corrected chi connectivity index (χ1v) is 6.52. The lowest BCUT2D eigenvalue weighted by Crippen LogP contribution is -2.32. The number of rotatable bonds is 5. The van der Waals surface area contributed by atoms with Gasteiger partial charge >= 0.3 is 6.18 Å². The number of aliphatic hydroxyl groups is 1. The quantitative estimate of drug-likeness (QED) is 0.904. The molecule has 2 rings (SSSR count). The SMILES string of the molecule is OC1(COc2ccccc2OCC(F)(F)F)CCCC1. The van der Waals surface area contributed by atoms with Gasteiger partial charge in [0.15, 0.2) is 18.1 Å². The number of ether oxygens (including phenoxy) is 2. The van der Waals surface area contributed by atoms with Crippen molar-refractivity contribution in [1.82, 2.24) is 0 Å². The third-order valence-electron chi connectivity index (χ3n) is 3.27. The van der Waals surface area contributed by atoms with Crippen LogP contribution in [0.5, 0.6) is 11.5 Å². The maximum atomic E-state index is 12.2. The molecule has 112 valence electrons. The molecule has 1 aromatic carbocycles. The van der Waals surface area contributed by atoms with Crippen LogP contribution in [-0.2, 0) is 0 Å². The molecule has 0 amide bonds. The highest BCUT2D eigenvalue weighted by Gasteiger charge is 2.32. The zero-order chi connectivity index (χ0) is 14.6. The third-order valence-corrected chi connectivity index (χ3v) is 3.27. The van der Waals surface area contributed by atoms with Gasteiger partial charge in [-0.05, 0) is 25.0 Å². The van der Waals surface area contributed by atoms with Crippen molar-refractivity contribution in [3.05, 3.63) is 24.3 Å². The van der Waals surface area contributed by atoms with Gasteiger partial charge in [0.05, 0.1) is 5.60 Å². The molecule has 1 aliphatic carbocycles. The van der Waals surface area contributed by atoms with Crippen molar-refractivity contribution in [1.29, 1.82) is 0 Å². The molecule has 1 fully saturated rings. The van der Waals surface area contributed by atoms with Crippen LogP contribution in [0, 0.1) is 0 Å². The summed E-state index contributed by atoms with van der Waals surface area (Å²) in [5.74, 6) is 0.253. The summed E-state index contributed by atoms with van der Waals surface area (Å²) in [7, 11) is 0. The van der Waals surface area contributed by atoms with Gasteiger partial charge in [0.1, 0.15) is 6.61 Å². The highest BCUT2D eigenvalue weighted by atomic mass is 19.4. The predicted octanol–water partition coefficient (Wildman–Crippen LogP) is 3.31. The summed E-state index contributed by atoms with van der Waals surface area (Å²) in [5.41, 5.74) is -0.878. The molecule has 1 aromatic rings. The first kappa shape index (κ1) is 15.0. The molecule has 0 heterocycles. The topological polar surface area (TPSA) is 38.7 Å². The van der Waals surface area contributed by atoms with E-state index >= 15 is 0 Å². The van der Waals surface area contributed by atoms with Gasteiger partial charge in [-0.25, -0.2) is 0 Å². The fourth-order valence-corrected chi connectivity index (χ4v) is 2.24. The van der Waals surface area contributed by atoms with E-state index in [9.17, 15) is 18.3 Å². The van der Waals surface area contributed by atoms with Crippen molar-refractivity contribution in [2.75, 3.05) is 13.2 Å². The van der Waals surface area contributed by atoms with E-state index in [4.69, 9.17) is 9.47 Å². The zero-order valence-electron chi connectivity index (χ0n) is 10.9. The Bertz CT molecular complexity index is 440. The first-order valence-electron chi connectivity index (χ1n) is 6.52. The second-order valence-corrected chi connectivity index (χ2v) is 5.07. The van der Waals surface area contributed by atoms with Crippen molar-refractivity contribution in [2.45, 2.75) is 37.5 Å². The predicted molar refractivity (Wildman–Crippen MR) is 66.9 cm³/mol. The summed E-state index contributed by atoms with van der Waals surface area (Å²) >= 11 is 0. The molecule has 0 bridgehead atoms. The van der Waals surface area contributed by atoms with Crippen LogP contribution in [0.25, 0.3) is 0 Å². The number of alkyl halides is 3. The van der Waals surface area contributed by atoms with E-state index in [1.165, 1.54) is 12.1 Å². The van der Waals surface area contributed by atoms with Crippen LogP contribution >= 0.6 is 0 Å². The van der Waals surface area contributed by atoms with E-state index in [1.807, 2.05) is 0 Å². The van der Waals surface area contributed by atoms with E-state index in [0.29, 0.717) is 12.8 Å². The average Bonchev–Trinajstić information content (AvgIpc) is 2.81. The fraction of sp³-hybridized carbons (Fsp3) is 0.571. The van der Waals surface area contributed by atoms with Crippen LogP contribution in [0.15, 0.2) is 24.3 Å². The largest absolute Gasteiger partial charge is 0.487 e. The minimum atomic E-state index is -4.39. The van der Waals surface area contributed by atoms with E-state index in [2.05, 4.69) is 0 Å². The standard InChI is InChI=1S/C14H17F3O3/c15-14(16,17)10-20-12-6-2-1-5-11(12)19-9-13(18)7-3-4-8-13/h1-2,5-6,18H,3-4,7-10H2. The van der Waals surface area contributed by atoms with Crippen LogP contribution in [0.1, 0.15) is 25.7 Å². The van der Waals surface area contributed by atoms with Crippen LogP contribution in [0.2, 0.25) is 0 Å². The van der Waals surface area contributed by atoms with Crippen LogP contribution in [0.3, 0.4) is 0 Å². The van der Waals surface area contributed by atoms with Gasteiger partial charge in [-0.15, -0.1) is 0 Å². The maximum Gasteiger partial charge on any atom is 0.422 e. The maximum absolute atomic E-state index is 12.2. The minimum absolute atomic E-state index is 0.0337. The number of hydrogen-bond acceptors (Lipinski definition) is 3. The van der Waals surface area contributed by atoms with E-state index in [-0.39, 0.29) is 18.1 Å². The van der Waals surface area contributed by atoms with Crippen LogP contribution in [-0.4, -0.2) is 30.1 Å². The lowest BCUT2D eigenvalue weighted by molar-refractivity contribution is -0.153. The Balaban J connectivity index is 1.97. The van der Waals surface area contributed by atoms with Crippen molar-refractivity contribution in [3.8, 4) is 11.5 Å². The highest BCUT2D eigenvalue weighted by Crippen LogP contribution is 2.33. The lowest BCUT2D eigenvalue weighted by Gasteiger charge is -2.23. The summed E-state index contributed by atoms with van der Waals surface area (Å²) in [6, 6.07) is 6.17. The number of hydrogen-bond donors (Lipinski definition) is 1. The Hall–Kier alpha value is -1.43. The Kier molecular flexibility index (Phi) is 4.42. The summed E-state index contributed by atoms with van der Waals surface area (Å²) < 4.78 is 46.6. The fourth-order valence-electron chi connectivity index (χ4n) is 2.24. The van der Waals surface area contributed by atoms with Crippen LogP contribution < -0.4 is 9.47 Å².